The highest BCUT2D eigenvalue weighted by atomic mass is 32.1. The van der Waals surface area contributed by atoms with Gasteiger partial charge in [0.2, 0.25) is 0 Å². The van der Waals surface area contributed by atoms with Gasteiger partial charge < -0.3 is 19.9 Å². The number of benzene rings is 2. The van der Waals surface area contributed by atoms with Crippen LogP contribution in [0.3, 0.4) is 0 Å². The molecule has 1 aliphatic heterocycles. The molecule has 1 saturated heterocycles. The molecule has 0 radical (unpaired) electrons. The summed E-state index contributed by atoms with van der Waals surface area (Å²) in [4.78, 5) is 18.3. The van der Waals surface area contributed by atoms with Gasteiger partial charge in [-0.3, -0.25) is 4.98 Å². The van der Waals surface area contributed by atoms with E-state index in [4.69, 9.17) is 12.2 Å². The standard InChI is InChI=1S/C27H24N4O2S/c1-17-11-12-21(15-18(17)2)31-25(24(29-27(31)34)22-9-3-4-13-28-22)23-10-6-14-30(23)20-8-5-7-19(16-20)26(32)33/h3-16,24-25H,1-2H3,(H,29,34)(H,32,33)/t24-,25-/m1/s1. The second-order valence-corrected chi connectivity index (χ2v) is 8.81. The van der Waals surface area contributed by atoms with Crippen molar-refractivity contribution in [3.8, 4) is 5.69 Å². The van der Waals surface area contributed by atoms with Crippen LogP contribution in [-0.4, -0.2) is 25.7 Å². The number of carbonyl (C=O) groups is 1. The molecule has 0 saturated carbocycles. The average molecular weight is 469 g/mol. The number of carboxylic acid groups (broad SMARTS) is 1. The number of aryl methyl sites for hydroxylation is 2. The van der Waals surface area contributed by atoms with E-state index in [1.54, 1.807) is 24.4 Å². The molecule has 0 unspecified atom stereocenters. The lowest BCUT2D eigenvalue weighted by molar-refractivity contribution is 0.0697. The highest BCUT2D eigenvalue weighted by Gasteiger charge is 2.42. The Hall–Kier alpha value is -3.97. The van der Waals surface area contributed by atoms with Crippen LogP contribution in [0.5, 0.6) is 0 Å². The molecule has 2 aromatic carbocycles. The van der Waals surface area contributed by atoms with Crippen LogP contribution in [0.2, 0.25) is 0 Å². The van der Waals surface area contributed by atoms with Crippen molar-refractivity contribution in [2.24, 2.45) is 0 Å². The van der Waals surface area contributed by atoms with Crippen LogP contribution >= 0.6 is 12.2 Å². The van der Waals surface area contributed by atoms with E-state index < -0.39 is 5.97 Å². The Morgan fingerprint density at radius 3 is 2.56 bits per heavy atom. The molecule has 7 heteroatoms. The molecule has 1 aliphatic rings. The molecule has 0 amide bonds. The van der Waals surface area contributed by atoms with Gasteiger partial charge in [-0.15, -0.1) is 0 Å². The second kappa shape index (κ2) is 8.76. The molecule has 5 rings (SSSR count). The molecule has 2 N–H and O–H groups in total. The van der Waals surface area contributed by atoms with Crippen LogP contribution in [0.1, 0.15) is 45.0 Å². The van der Waals surface area contributed by atoms with E-state index in [9.17, 15) is 9.90 Å². The van der Waals surface area contributed by atoms with Gasteiger partial charge in [0.1, 0.15) is 6.04 Å². The first kappa shape index (κ1) is 21.9. The first-order valence-corrected chi connectivity index (χ1v) is 11.4. The molecular formula is C27H24N4O2S. The van der Waals surface area contributed by atoms with Gasteiger partial charge in [-0.05, 0) is 91.8 Å². The van der Waals surface area contributed by atoms with E-state index in [2.05, 4.69) is 53.3 Å². The van der Waals surface area contributed by atoms with Crippen molar-refractivity contribution in [1.29, 1.82) is 0 Å². The molecule has 0 bridgehead atoms. The lowest BCUT2D eigenvalue weighted by Gasteiger charge is -2.29. The third kappa shape index (κ3) is 3.84. The summed E-state index contributed by atoms with van der Waals surface area (Å²) >= 11 is 5.84. The Morgan fingerprint density at radius 1 is 0.971 bits per heavy atom. The molecule has 3 heterocycles. The van der Waals surface area contributed by atoms with Gasteiger partial charge >= 0.3 is 5.97 Å². The topological polar surface area (TPSA) is 70.4 Å². The molecule has 0 spiro atoms. The summed E-state index contributed by atoms with van der Waals surface area (Å²) in [6.45, 7) is 4.19. The number of carboxylic acids is 1. The highest BCUT2D eigenvalue weighted by molar-refractivity contribution is 7.80. The van der Waals surface area contributed by atoms with Gasteiger partial charge in [0.05, 0.1) is 17.3 Å². The zero-order chi connectivity index (χ0) is 23.8. The number of pyridine rings is 1. The van der Waals surface area contributed by atoms with E-state index in [0.29, 0.717) is 5.11 Å². The number of nitrogens with zero attached hydrogens (tertiary/aromatic N) is 3. The molecule has 1 fully saturated rings. The molecule has 4 aromatic rings. The van der Waals surface area contributed by atoms with Gasteiger partial charge in [-0.1, -0.05) is 18.2 Å². The largest absolute Gasteiger partial charge is 0.478 e. The van der Waals surface area contributed by atoms with Crippen molar-refractivity contribution >= 4 is 29.0 Å². The zero-order valence-electron chi connectivity index (χ0n) is 18.8. The Balaban J connectivity index is 1.67. The fourth-order valence-corrected chi connectivity index (χ4v) is 4.81. The fourth-order valence-electron chi connectivity index (χ4n) is 4.47. The minimum Gasteiger partial charge on any atom is -0.478 e. The maximum Gasteiger partial charge on any atom is 0.335 e. The van der Waals surface area contributed by atoms with Gasteiger partial charge in [0, 0.05) is 29.5 Å². The minimum atomic E-state index is -0.956. The van der Waals surface area contributed by atoms with Gasteiger partial charge in [0.15, 0.2) is 5.11 Å². The van der Waals surface area contributed by atoms with Crippen molar-refractivity contribution in [3.63, 3.8) is 0 Å². The Bertz CT molecular complexity index is 1380. The summed E-state index contributed by atoms with van der Waals surface area (Å²) in [5.41, 5.74) is 6.27. The predicted octanol–water partition coefficient (Wildman–Crippen LogP) is 5.36. The number of nitrogens with one attached hydrogen (secondary N) is 1. The number of hydrogen-bond acceptors (Lipinski definition) is 3. The SMILES string of the molecule is Cc1ccc(N2C(=S)N[C@H](c3ccccn3)[C@H]2c2cccn2-c2cccc(C(=O)O)c2)cc1C. The van der Waals surface area contributed by atoms with Crippen LogP contribution in [0.4, 0.5) is 5.69 Å². The van der Waals surface area contributed by atoms with Crippen LogP contribution in [0, 0.1) is 13.8 Å². The van der Waals surface area contributed by atoms with Crippen LogP contribution in [-0.2, 0) is 0 Å². The van der Waals surface area contributed by atoms with Crippen molar-refractivity contribution in [3.05, 3.63) is 113 Å². The second-order valence-electron chi connectivity index (χ2n) is 8.42. The first-order valence-electron chi connectivity index (χ1n) is 11.0. The molecule has 6 nitrogen and oxygen atoms in total. The van der Waals surface area contributed by atoms with Gasteiger partial charge in [-0.2, -0.15) is 0 Å². The number of hydrogen-bond donors (Lipinski definition) is 2. The smallest absolute Gasteiger partial charge is 0.335 e. The first-order chi connectivity index (χ1) is 16.4. The molecule has 0 aliphatic carbocycles. The molecule has 2 atom stereocenters. The third-order valence-corrected chi connectivity index (χ3v) is 6.64. The van der Waals surface area contributed by atoms with Crippen molar-refractivity contribution in [2.45, 2.75) is 25.9 Å². The van der Waals surface area contributed by atoms with E-state index in [0.717, 1.165) is 22.8 Å². The summed E-state index contributed by atoms with van der Waals surface area (Å²) in [6.07, 6.45) is 3.73. The van der Waals surface area contributed by atoms with Crippen LogP contribution < -0.4 is 10.2 Å². The lowest BCUT2D eigenvalue weighted by atomic mass is 10.00. The average Bonchev–Trinajstić information content (AvgIpc) is 3.46. The van der Waals surface area contributed by atoms with Crippen molar-refractivity contribution in [1.82, 2.24) is 14.9 Å². The van der Waals surface area contributed by atoms with E-state index >= 15 is 0 Å². The quantitative estimate of drug-likeness (QED) is 0.384. The summed E-state index contributed by atoms with van der Waals surface area (Å²) in [5.74, 6) is -0.956. The van der Waals surface area contributed by atoms with Crippen LogP contribution in [0.15, 0.2) is 85.2 Å². The number of aromatic nitrogens is 2. The van der Waals surface area contributed by atoms with Gasteiger partial charge in [-0.25, -0.2) is 4.79 Å². The van der Waals surface area contributed by atoms with E-state index in [1.807, 2.05) is 41.1 Å². The molecule has 170 valence electrons. The summed E-state index contributed by atoms with van der Waals surface area (Å²) in [6, 6.07) is 22.8. The normalized spacial score (nSPS) is 17.6. The summed E-state index contributed by atoms with van der Waals surface area (Å²) < 4.78 is 2.02. The predicted molar refractivity (Wildman–Crippen MR) is 137 cm³/mol. The Kier molecular flexibility index (Phi) is 5.63. The highest BCUT2D eigenvalue weighted by Crippen LogP contribution is 2.42. The maximum atomic E-state index is 11.6. The zero-order valence-corrected chi connectivity index (χ0v) is 19.7. The lowest BCUT2D eigenvalue weighted by Crippen LogP contribution is -2.30. The molecular weight excluding hydrogens is 444 g/mol. The number of anilines is 1. The van der Waals surface area contributed by atoms with E-state index in [1.165, 1.54) is 11.1 Å². The van der Waals surface area contributed by atoms with Crippen molar-refractivity contribution in [2.75, 3.05) is 4.90 Å². The summed E-state index contributed by atoms with van der Waals surface area (Å²) in [5, 5.41) is 13.6. The minimum absolute atomic E-state index is 0.188. The molecule has 2 aromatic heterocycles. The van der Waals surface area contributed by atoms with E-state index in [-0.39, 0.29) is 17.6 Å². The molecule has 34 heavy (non-hydrogen) atoms. The Morgan fingerprint density at radius 2 is 1.82 bits per heavy atom. The van der Waals surface area contributed by atoms with Crippen molar-refractivity contribution < 1.29 is 9.90 Å². The number of rotatable bonds is 5. The Labute approximate surface area is 203 Å². The summed E-state index contributed by atoms with van der Waals surface area (Å²) in [7, 11) is 0. The third-order valence-electron chi connectivity index (χ3n) is 6.32. The van der Waals surface area contributed by atoms with Gasteiger partial charge in [0.25, 0.3) is 0 Å². The number of aromatic carboxylic acids is 1. The maximum absolute atomic E-state index is 11.6. The number of thiocarbonyl (C=S) groups is 1. The monoisotopic (exact) mass is 468 g/mol. The fraction of sp³-hybridized carbons (Fsp3) is 0.148. The van der Waals surface area contributed by atoms with Crippen LogP contribution in [0.25, 0.3) is 5.69 Å².